The van der Waals surface area contributed by atoms with Crippen molar-refractivity contribution < 1.29 is 0 Å². The second-order valence-electron chi connectivity index (χ2n) is 13.0. The van der Waals surface area contributed by atoms with E-state index in [0.717, 1.165) is 0 Å². The first-order valence-corrected chi connectivity index (χ1v) is 20.2. The average molecular weight is 632 g/mol. The Kier molecular flexibility index (Phi) is 14.6. The third-order valence-corrected chi connectivity index (χ3v) is 24.0. The van der Waals surface area contributed by atoms with Crippen LogP contribution in [0.3, 0.4) is 0 Å². The Labute approximate surface area is 244 Å². The van der Waals surface area contributed by atoms with Crippen LogP contribution in [0.4, 0.5) is 0 Å². The summed E-state index contributed by atoms with van der Waals surface area (Å²) in [6.45, 7) is 15.6. The SMILES string of the molecule is CC(C)P(=NP(=NC(C)(C)C)(N=P(C(C)C)(N(C)C)N(C)C)N=P(N(C)C)(N(C)C)N(C)C)(N(C)C)N(C)C. The van der Waals surface area contributed by atoms with Crippen molar-refractivity contribution in [2.45, 2.75) is 65.3 Å². The summed E-state index contributed by atoms with van der Waals surface area (Å²) >= 11 is 0. The van der Waals surface area contributed by atoms with Crippen LogP contribution < -0.4 is 0 Å². The van der Waals surface area contributed by atoms with Gasteiger partial charge in [-0.1, -0.05) is 27.7 Å². The van der Waals surface area contributed by atoms with E-state index in [1.54, 1.807) is 0 Å². The summed E-state index contributed by atoms with van der Waals surface area (Å²) < 4.78 is 39.6. The van der Waals surface area contributed by atoms with E-state index >= 15 is 0 Å². The molecule has 0 spiro atoms. The quantitative estimate of drug-likeness (QED) is 0.207. The number of hydrogen-bond acceptors (Lipinski definition) is 1. The number of hydrogen-bond donors (Lipinski definition) is 0. The molecule has 0 N–H and O–H groups in total. The van der Waals surface area contributed by atoms with E-state index in [0.29, 0.717) is 0 Å². The van der Waals surface area contributed by atoms with Gasteiger partial charge < -0.3 is 0 Å². The van der Waals surface area contributed by atoms with Crippen LogP contribution in [0.25, 0.3) is 0 Å². The highest BCUT2D eigenvalue weighted by molar-refractivity contribution is 7.81. The van der Waals surface area contributed by atoms with Gasteiger partial charge in [0.15, 0.2) is 7.51 Å². The minimum absolute atomic E-state index is 0.263. The van der Waals surface area contributed by atoms with E-state index in [4.69, 9.17) is 18.3 Å². The highest BCUT2D eigenvalue weighted by Gasteiger charge is 2.42. The first kappa shape index (κ1) is 39.6. The summed E-state index contributed by atoms with van der Waals surface area (Å²) in [5.74, 6) is 0. The molecule has 0 atom stereocenters. The highest BCUT2D eigenvalue weighted by atomic mass is 31.3. The fraction of sp³-hybridized carbons (Fsp3) is 1.00. The lowest BCUT2D eigenvalue weighted by Crippen LogP contribution is -2.31. The van der Waals surface area contributed by atoms with Crippen molar-refractivity contribution in [3.8, 4) is 0 Å². The lowest BCUT2D eigenvalue weighted by Gasteiger charge is -2.45. The molecule has 39 heavy (non-hydrogen) atoms. The second kappa shape index (κ2) is 14.4. The van der Waals surface area contributed by atoms with Crippen LogP contribution in [0, 0.1) is 0 Å². The summed E-state index contributed by atoms with van der Waals surface area (Å²) in [5.41, 5.74) is 0.124. The van der Waals surface area contributed by atoms with E-state index in [1.807, 2.05) is 0 Å². The third-order valence-electron chi connectivity index (χ3n) is 6.53. The van der Waals surface area contributed by atoms with Crippen LogP contribution in [0.5, 0.6) is 0 Å². The molecule has 0 amide bonds. The molecular formula is C24H65N11P4. The molecule has 0 aliphatic carbocycles. The van der Waals surface area contributed by atoms with E-state index in [1.165, 1.54) is 0 Å². The van der Waals surface area contributed by atoms with Crippen LogP contribution in [-0.4, -0.2) is 148 Å². The summed E-state index contributed by atoms with van der Waals surface area (Å²) in [7, 11) is 19.9. The van der Waals surface area contributed by atoms with Crippen molar-refractivity contribution >= 4 is 29.7 Å². The van der Waals surface area contributed by atoms with Crippen molar-refractivity contribution in [3.05, 3.63) is 0 Å². The molecule has 0 saturated heterocycles. The molecular weight excluding hydrogens is 566 g/mol. The summed E-state index contributed by atoms with van der Waals surface area (Å²) in [6.07, 6.45) is 0. The molecule has 0 unspecified atom stereocenters. The van der Waals surface area contributed by atoms with Gasteiger partial charge in [0, 0.05) is 11.3 Å². The van der Waals surface area contributed by atoms with Crippen molar-refractivity contribution in [3.63, 3.8) is 0 Å². The van der Waals surface area contributed by atoms with Gasteiger partial charge in [-0.05, 0) is 119 Å². The van der Waals surface area contributed by atoms with Gasteiger partial charge in [-0.2, -0.15) is 13.5 Å². The topological polar surface area (TPSA) is 72.1 Å². The Morgan fingerprint density at radius 2 is 0.692 bits per heavy atom. The molecule has 0 saturated carbocycles. The van der Waals surface area contributed by atoms with Crippen molar-refractivity contribution in [2.75, 3.05) is 98.7 Å². The molecule has 0 aromatic heterocycles. The lowest BCUT2D eigenvalue weighted by atomic mass is 10.1. The summed E-state index contributed by atoms with van der Waals surface area (Å²) in [4.78, 5) is 0. The van der Waals surface area contributed by atoms with Crippen molar-refractivity contribution in [1.82, 2.24) is 32.7 Å². The van der Waals surface area contributed by atoms with Gasteiger partial charge in [-0.15, -0.1) is 0 Å². The molecule has 0 rings (SSSR count). The minimum Gasteiger partial charge on any atom is -0.264 e. The van der Waals surface area contributed by atoms with Crippen LogP contribution in [0.2, 0.25) is 0 Å². The lowest BCUT2D eigenvalue weighted by molar-refractivity contribution is 0.475. The molecule has 0 aromatic rings. The zero-order valence-corrected chi connectivity index (χ0v) is 32.9. The van der Waals surface area contributed by atoms with E-state index in [9.17, 15) is 0 Å². The summed E-state index contributed by atoms with van der Waals surface area (Å²) in [5, 5.41) is 0. The second-order valence-corrected chi connectivity index (χ2v) is 27.6. The van der Waals surface area contributed by atoms with Gasteiger partial charge >= 0.3 is 7.51 Å². The molecule has 15 heteroatoms. The standard InChI is InChI=1S/C24H65N11P4/c1-22(2)36(29(8)9,30(10)11)26-38(25-24(5,6)7,27-37(23(3)4,31(12)13)32(14)15)28-39(33(16)17,34(18)19)35(20)21/h22-23H,1-21H3. The van der Waals surface area contributed by atoms with Crippen LogP contribution in [0.1, 0.15) is 48.5 Å². The van der Waals surface area contributed by atoms with E-state index in [-0.39, 0.29) is 11.3 Å². The maximum atomic E-state index is 5.98. The molecule has 0 aliphatic heterocycles. The first-order valence-electron chi connectivity index (χ1n) is 13.6. The Balaban J connectivity index is 9.45. The molecule has 0 aliphatic rings. The highest BCUT2D eigenvalue weighted by Crippen LogP contribution is 2.79. The van der Waals surface area contributed by atoms with Crippen molar-refractivity contribution in [2.24, 2.45) is 18.3 Å². The Morgan fingerprint density at radius 1 is 0.436 bits per heavy atom. The Morgan fingerprint density at radius 3 is 0.846 bits per heavy atom. The third kappa shape index (κ3) is 8.39. The monoisotopic (exact) mass is 631 g/mol. The van der Waals surface area contributed by atoms with Gasteiger partial charge in [0.25, 0.3) is 0 Å². The Bertz CT molecular complexity index is 818. The van der Waals surface area contributed by atoms with Gasteiger partial charge in [0.1, 0.15) is 14.7 Å². The minimum atomic E-state index is -3.11. The zero-order chi connectivity index (χ0) is 31.5. The maximum Gasteiger partial charge on any atom is 0.304 e. The zero-order valence-electron chi connectivity index (χ0n) is 29.4. The van der Waals surface area contributed by atoms with E-state index < -0.39 is 35.3 Å². The molecule has 0 heterocycles. The van der Waals surface area contributed by atoms with Crippen LogP contribution in [0.15, 0.2) is 18.3 Å². The van der Waals surface area contributed by atoms with E-state index in [2.05, 4.69) is 180 Å². The largest absolute Gasteiger partial charge is 0.304 e. The van der Waals surface area contributed by atoms with Crippen molar-refractivity contribution in [1.29, 1.82) is 0 Å². The predicted octanol–water partition coefficient (Wildman–Crippen LogP) is 7.49. The smallest absolute Gasteiger partial charge is 0.264 e. The maximum absolute atomic E-state index is 5.98. The molecule has 0 fully saturated rings. The normalized spacial score (nSPS) is 14.8. The summed E-state index contributed by atoms with van der Waals surface area (Å²) in [6, 6.07) is 0. The molecule has 0 bridgehead atoms. The van der Waals surface area contributed by atoms with Gasteiger partial charge in [0.2, 0.25) is 0 Å². The van der Waals surface area contributed by atoms with Gasteiger partial charge in [-0.3, -0.25) is 32.7 Å². The Hall–Kier alpha value is 0.640. The molecule has 0 aromatic carbocycles. The molecule has 11 nitrogen and oxygen atoms in total. The van der Waals surface area contributed by atoms with Crippen LogP contribution in [-0.2, 0) is 0 Å². The fourth-order valence-electron chi connectivity index (χ4n) is 5.43. The average Bonchev–Trinajstić information content (AvgIpc) is 2.70. The fourth-order valence-corrected chi connectivity index (χ4v) is 25.6. The predicted molar refractivity (Wildman–Crippen MR) is 183 cm³/mol. The number of nitrogens with zero attached hydrogens (tertiary/aromatic N) is 11. The molecule has 236 valence electrons. The van der Waals surface area contributed by atoms with Crippen LogP contribution >= 0.6 is 29.7 Å². The molecule has 0 radical (unpaired) electrons. The number of rotatable bonds is 12. The van der Waals surface area contributed by atoms with Gasteiger partial charge in [0.05, 0.1) is 5.54 Å². The first-order chi connectivity index (χ1) is 17.3. The van der Waals surface area contributed by atoms with Gasteiger partial charge in [-0.25, -0.2) is 4.74 Å².